The molecule has 1 unspecified atom stereocenters. The highest BCUT2D eigenvalue weighted by Gasteiger charge is 2.19. The number of halogens is 1. The van der Waals surface area contributed by atoms with Crippen molar-refractivity contribution in [2.75, 3.05) is 6.61 Å². The lowest BCUT2D eigenvalue weighted by molar-refractivity contribution is 0.0909. The Kier molecular flexibility index (Phi) is 4.59. The van der Waals surface area contributed by atoms with E-state index in [1.54, 1.807) is 48.5 Å². The summed E-state index contributed by atoms with van der Waals surface area (Å²) in [6.45, 7) is -0.321. The highest BCUT2D eigenvalue weighted by Crippen LogP contribution is 2.16. The molecule has 1 amide bonds. The molecule has 0 radical (unpaired) electrons. The van der Waals surface area contributed by atoms with Gasteiger partial charge in [0.15, 0.2) is 5.69 Å². The fourth-order valence-electron chi connectivity index (χ4n) is 2.38. The van der Waals surface area contributed by atoms with Crippen LogP contribution in [-0.2, 0) is 0 Å². The lowest BCUT2D eigenvalue weighted by Crippen LogP contribution is -2.35. The number of benzene rings is 2. The third-order valence-corrected chi connectivity index (χ3v) is 3.90. The molecular formula is C17H14ClN3O3. The summed E-state index contributed by atoms with van der Waals surface area (Å²) < 4.78 is 0. The van der Waals surface area contributed by atoms with Crippen molar-refractivity contribution in [2.24, 2.45) is 0 Å². The zero-order chi connectivity index (χ0) is 17.1. The second kappa shape index (κ2) is 6.82. The molecule has 0 aliphatic rings. The number of carbonyl (C=O) groups excluding carboxylic acids is 1. The van der Waals surface area contributed by atoms with Crippen molar-refractivity contribution in [2.45, 2.75) is 6.04 Å². The van der Waals surface area contributed by atoms with E-state index in [0.29, 0.717) is 21.5 Å². The van der Waals surface area contributed by atoms with E-state index in [1.165, 1.54) is 0 Å². The van der Waals surface area contributed by atoms with Gasteiger partial charge in [-0.1, -0.05) is 35.9 Å². The quantitative estimate of drug-likeness (QED) is 0.675. The average molecular weight is 344 g/mol. The summed E-state index contributed by atoms with van der Waals surface area (Å²) in [4.78, 5) is 24.8. The maximum Gasteiger partial charge on any atom is 0.276 e. The summed E-state index contributed by atoms with van der Waals surface area (Å²) in [5, 5.41) is 19.6. The minimum atomic E-state index is -0.664. The van der Waals surface area contributed by atoms with Gasteiger partial charge in [0.2, 0.25) is 5.43 Å². The summed E-state index contributed by atoms with van der Waals surface area (Å²) in [5.41, 5.74) is 0.513. The molecule has 2 aromatic carbocycles. The van der Waals surface area contributed by atoms with Gasteiger partial charge in [-0.3, -0.25) is 14.7 Å². The first-order chi connectivity index (χ1) is 11.6. The first-order valence-electron chi connectivity index (χ1n) is 7.24. The largest absolute Gasteiger partial charge is 0.394 e. The molecule has 0 saturated carbocycles. The molecule has 0 spiro atoms. The normalized spacial score (nSPS) is 12.1. The van der Waals surface area contributed by atoms with Crippen molar-refractivity contribution in [3.05, 3.63) is 75.0 Å². The van der Waals surface area contributed by atoms with Gasteiger partial charge in [-0.15, -0.1) is 0 Å². The van der Waals surface area contributed by atoms with Crippen LogP contribution in [0.5, 0.6) is 0 Å². The van der Waals surface area contributed by atoms with Crippen LogP contribution in [0.4, 0.5) is 0 Å². The summed E-state index contributed by atoms with van der Waals surface area (Å²) in [7, 11) is 0. The number of hydrogen-bond acceptors (Lipinski definition) is 4. The summed E-state index contributed by atoms with van der Waals surface area (Å²) in [5.74, 6) is -0.656. The number of carbonyl (C=O) groups is 1. The van der Waals surface area contributed by atoms with Crippen LogP contribution in [0.15, 0.2) is 53.3 Å². The number of hydrogen-bond donors (Lipinski definition) is 3. The van der Waals surface area contributed by atoms with Gasteiger partial charge < -0.3 is 10.4 Å². The van der Waals surface area contributed by atoms with Crippen molar-refractivity contribution < 1.29 is 9.90 Å². The first kappa shape index (κ1) is 16.2. The Bertz CT molecular complexity index is 938. The molecule has 6 nitrogen and oxygen atoms in total. The van der Waals surface area contributed by atoms with Gasteiger partial charge in [0.05, 0.1) is 18.2 Å². The van der Waals surface area contributed by atoms with E-state index in [1.807, 2.05) is 0 Å². The number of amides is 1. The molecule has 0 saturated heterocycles. The molecule has 3 aromatic rings. The minimum Gasteiger partial charge on any atom is -0.394 e. The van der Waals surface area contributed by atoms with Crippen LogP contribution in [0, 0.1) is 0 Å². The van der Waals surface area contributed by atoms with Crippen molar-refractivity contribution in [3.63, 3.8) is 0 Å². The van der Waals surface area contributed by atoms with Crippen LogP contribution in [0.2, 0.25) is 5.02 Å². The van der Waals surface area contributed by atoms with Crippen molar-refractivity contribution in [1.29, 1.82) is 0 Å². The lowest BCUT2D eigenvalue weighted by Gasteiger charge is -2.16. The molecule has 24 heavy (non-hydrogen) atoms. The molecule has 7 heteroatoms. The Balaban J connectivity index is 1.90. The van der Waals surface area contributed by atoms with Crippen molar-refractivity contribution in [1.82, 2.24) is 15.5 Å². The molecule has 3 N–H and O–H groups in total. The zero-order valence-corrected chi connectivity index (χ0v) is 13.2. The van der Waals surface area contributed by atoms with Gasteiger partial charge in [-0.2, -0.15) is 5.10 Å². The van der Waals surface area contributed by atoms with Gasteiger partial charge in [0, 0.05) is 10.4 Å². The number of fused-ring (bicyclic) bond motifs is 1. The Morgan fingerprint density at radius 3 is 2.62 bits per heavy atom. The first-order valence-corrected chi connectivity index (χ1v) is 7.62. The summed E-state index contributed by atoms with van der Waals surface area (Å²) >= 11 is 5.83. The maximum atomic E-state index is 12.4. The van der Waals surface area contributed by atoms with E-state index in [0.717, 1.165) is 0 Å². The van der Waals surface area contributed by atoms with Gasteiger partial charge in [0.25, 0.3) is 5.91 Å². The number of aliphatic hydroxyl groups is 1. The number of rotatable bonds is 4. The number of aromatic amines is 1. The van der Waals surface area contributed by atoms with Gasteiger partial charge >= 0.3 is 0 Å². The van der Waals surface area contributed by atoms with Crippen molar-refractivity contribution in [3.8, 4) is 0 Å². The summed E-state index contributed by atoms with van der Waals surface area (Å²) in [6, 6.07) is 12.8. The molecule has 1 heterocycles. The number of para-hydroxylation sites is 1. The molecular weight excluding hydrogens is 330 g/mol. The van der Waals surface area contributed by atoms with E-state index in [9.17, 15) is 14.7 Å². The molecule has 1 atom stereocenters. The Hall–Kier alpha value is -2.70. The van der Waals surface area contributed by atoms with E-state index in [-0.39, 0.29) is 12.3 Å². The average Bonchev–Trinajstić information content (AvgIpc) is 2.61. The van der Waals surface area contributed by atoms with E-state index < -0.39 is 17.4 Å². The van der Waals surface area contributed by atoms with Crippen LogP contribution < -0.4 is 10.7 Å². The van der Waals surface area contributed by atoms with Crippen LogP contribution in [-0.4, -0.2) is 27.8 Å². The molecule has 1 aromatic heterocycles. The van der Waals surface area contributed by atoms with E-state index in [2.05, 4.69) is 15.5 Å². The number of nitrogens with zero attached hydrogens (tertiary/aromatic N) is 1. The van der Waals surface area contributed by atoms with Gasteiger partial charge in [-0.05, 0) is 29.8 Å². The Morgan fingerprint density at radius 2 is 1.92 bits per heavy atom. The molecule has 3 rings (SSSR count). The van der Waals surface area contributed by atoms with Crippen LogP contribution in [0.1, 0.15) is 22.1 Å². The predicted octanol–water partition coefficient (Wildman–Crippen LogP) is 2.04. The number of nitrogens with one attached hydrogen (secondary N) is 2. The fourth-order valence-corrected chi connectivity index (χ4v) is 2.51. The van der Waals surface area contributed by atoms with Crippen molar-refractivity contribution >= 4 is 28.4 Å². The Morgan fingerprint density at radius 1 is 1.21 bits per heavy atom. The second-order valence-electron chi connectivity index (χ2n) is 5.21. The third kappa shape index (κ3) is 3.15. The number of aliphatic hydroxyl groups excluding tert-OH is 1. The van der Waals surface area contributed by atoms with Crippen LogP contribution in [0.25, 0.3) is 10.9 Å². The Labute approximate surface area is 142 Å². The monoisotopic (exact) mass is 343 g/mol. The number of aromatic nitrogens is 2. The minimum absolute atomic E-state index is 0.249. The lowest BCUT2D eigenvalue weighted by atomic mass is 10.1. The van der Waals surface area contributed by atoms with Gasteiger partial charge in [0.1, 0.15) is 0 Å². The molecule has 0 bridgehead atoms. The highest BCUT2D eigenvalue weighted by molar-refractivity contribution is 6.30. The molecule has 0 aliphatic carbocycles. The smallest absolute Gasteiger partial charge is 0.276 e. The predicted molar refractivity (Wildman–Crippen MR) is 91.1 cm³/mol. The fraction of sp³-hybridized carbons (Fsp3) is 0.118. The SMILES string of the molecule is O=C(NC(CO)c1ccc(Cl)cc1)c1n[nH]c2ccccc2c1=O. The summed E-state index contributed by atoms with van der Waals surface area (Å²) in [6.07, 6.45) is 0. The second-order valence-corrected chi connectivity index (χ2v) is 5.64. The van der Waals surface area contributed by atoms with Gasteiger partial charge in [-0.25, -0.2) is 0 Å². The molecule has 122 valence electrons. The van der Waals surface area contributed by atoms with E-state index >= 15 is 0 Å². The molecule has 0 aliphatic heterocycles. The standard InChI is InChI=1S/C17H14ClN3O3/c18-11-7-5-10(6-8-11)14(9-22)19-17(24)15-16(23)12-3-1-2-4-13(12)20-21-15/h1-8,14,22H,9H2,(H,19,24)(H,20,23). The number of H-pyrrole nitrogens is 1. The third-order valence-electron chi connectivity index (χ3n) is 3.65. The maximum absolute atomic E-state index is 12.4. The van der Waals surface area contributed by atoms with Crippen LogP contribution in [0.3, 0.4) is 0 Å². The van der Waals surface area contributed by atoms with Crippen LogP contribution >= 0.6 is 11.6 Å². The molecule has 0 fully saturated rings. The highest BCUT2D eigenvalue weighted by atomic mass is 35.5. The topological polar surface area (TPSA) is 95.1 Å². The van der Waals surface area contributed by atoms with E-state index in [4.69, 9.17) is 11.6 Å². The zero-order valence-electron chi connectivity index (χ0n) is 12.5.